The number of imidazole rings is 1. The van der Waals surface area contributed by atoms with Gasteiger partial charge < -0.3 is 29.1 Å². The Bertz CT molecular complexity index is 2030. The third-order valence-electron chi connectivity index (χ3n) is 8.39. The van der Waals surface area contributed by atoms with Gasteiger partial charge in [0.05, 0.1) is 18.4 Å². The van der Waals surface area contributed by atoms with E-state index in [2.05, 4.69) is 4.98 Å². The van der Waals surface area contributed by atoms with Crippen LogP contribution in [0.5, 0.6) is 11.5 Å². The number of aromatic carboxylic acids is 1. The Morgan fingerprint density at radius 1 is 0.915 bits per heavy atom. The van der Waals surface area contributed by atoms with Crippen molar-refractivity contribution in [3.8, 4) is 28.6 Å². The van der Waals surface area contributed by atoms with Crippen molar-refractivity contribution in [2.75, 3.05) is 44.9 Å². The molecule has 11 nitrogen and oxygen atoms in total. The number of nitrogens with zero attached hydrogens (tertiary/aromatic N) is 4. The van der Waals surface area contributed by atoms with Gasteiger partial charge in [-0.2, -0.15) is 0 Å². The molecule has 0 spiro atoms. The molecular formula is C35H29FN4O7. The number of halogens is 1. The minimum atomic E-state index is -1.06. The lowest BCUT2D eigenvalue weighted by Crippen LogP contribution is -2.58. The van der Waals surface area contributed by atoms with Crippen LogP contribution in [0, 0.1) is 5.82 Å². The summed E-state index contributed by atoms with van der Waals surface area (Å²) >= 11 is 0. The van der Waals surface area contributed by atoms with Gasteiger partial charge in [-0.3, -0.25) is 9.36 Å². The Morgan fingerprint density at radius 3 is 2.45 bits per heavy atom. The van der Waals surface area contributed by atoms with Gasteiger partial charge >= 0.3 is 11.9 Å². The lowest BCUT2D eigenvalue weighted by atomic mass is 10.0. The molecule has 0 unspecified atom stereocenters. The van der Waals surface area contributed by atoms with E-state index in [1.54, 1.807) is 59.3 Å². The number of methoxy groups -OCH3 is 1. The molecule has 3 heterocycles. The zero-order valence-corrected chi connectivity index (χ0v) is 25.3. The number of carbonyl (C=O) groups excluding carboxylic acids is 2. The number of benzene rings is 4. The first-order valence-electron chi connectivity index (χ1n) is 15.0. The smallest absolute Gasteiger partial charge is 0.336 e. The molecule has 0 bridgehead atoms. The molecular weight excluding hydrogens is 607 g/mol. The maximum Gasteiger partial charge on any atom is 0.336 e. The van der Waals surface area contributed by atoms with Gasteiger partial charge in [-0.05, 0) is 59.3 Å². The number of hydrogen-bond acceptors (Lipinski definition) is 8. The summed E-state index contributed by atoms with van der Waals surface area (Å²) in [5, 5.41) is 11.2. The number of aromatic nitrogens is 2. The number of carboxylic acids is 1. The zero-order chi connectivity index (χ0) is 32.7. The van der Waals surface area contributed by atoms with Gasteiger partial charge in [-0.1, -0.05) is 24.3 Å². The normalized spacial score (nSPS) is 15.8. The summed E-state index contributed by atoms with van der Waals surface area (Å²) in [6, 6.07) is 20.8. The Hall–Kier alpha value is -5.91. The first-order valence-corrected chi connectivity index (χ1v) is 15.0. The number of ether oxygens (including phenoxy) is 3. The molecule has 1 fully saturated rings. The molecule has 5 aromatic rings. The number of rotatable bonds is 6. The number of carbonyl (C=O) groups is 3. The van der Waals surface area contributed by atoms with Crippen LogP contribution in [0.2, 0.25) is 0 Å². The van der Waals surface area contributed by atoms with Crippen LogP contribution in [0.4, 0.5) is 10.1 Å². The molecule has 47 heavy (non-hydrogen) atoms. The first-order chi connectivity index (χ1) is 22.8. The third-order valence-corrected chi connectivity index (χ3v) is 8.39. The van der Waals surface area contributed by atoms with Crippen LogP contribution >= 0.6 is 0 Å². The highest BCUT2D eigenvalue weighted by Gasteiger charge is 2.38. The molecule has 1 amide bonds. The minimum Gasteiger partial charge on any atom is -0.486 e. The monoisotopic (exact) mass is 636 g/mol. The number of fused-ring (bicyclic) bond motifs is 2. The van der Waals surface area contributed by atoms with Crippen molar-refractivity contribution in [3.05, 3.63) is 102 Å². The molecule has 0 aliphatic carbocycles. The fourth-order valence-corrected chi connectivity index (χ4v) is 6.06. The number of esters is 1. The molecule has 1 N–H and O–H groups in total. The Labute approximate surface area is 268 Å². The topological polar surface area (TPSA) is 123 Å². The second-order valence-electron chi connectivity index (χ2n) is 11.2. The van der Waals surface area contributed by atoms with E-state index in [1.165, 1.54) is 24.1 Å². The molecule has 0 radical (unpaired) electrons. The molecule has 1 aromatic heterocycles. The van der Waals surface area contributed by atoms with Gasteiger partial charge in [0.2, 0.25) is 0 Å². The van der Waals surface area contributed by atoms with E-state index in [0.29, 0.717) is 59.4 Å². The summed E-state index contributed by atoms with van der Waals surface area (Å²) in [7, 11) is 1.26. The van der Waals surface area contributed by atoms with Gasteiger partial charge in [0.15, 0.2) is 11.5 Å². The molecule has 238 valence electrons. The number of piperazine rings is 1. The summed E-state index contributed by atoms with van der Waals surface area (Å²) in [4.78, 5) is 47.4. The van der Waals surface area contributed by atoms with E-state index in [4.69, 9.17) is 14.2 Å². The Balaban J connectivity index is 1.24. The van der Waals surface area contributed by atoms with Crippen LogP contribution in [0.15, 0.2) is 85.1 Å². The molecule has 7 rings (SSSR count). The molecule has 1 atom stereocenters. The van der Waals surface area contributed by atoms with Crippen molar-refractivity contribution in [2.45, 2.75) is 6.04 Å². The van der Waals surface area contributed by atoms with Gasteiger partial charge in [0.25, 0.3) is 5.91 Å². The summed E-state index contributed by atoms with van der Waals surface area (Å²) in [5.74, 6) is -1.06. The predicted octanol–water partition coefficient (Wildman–Crippen LogP) is 4.81. The fourth-order valence-electron chi connectivity index (χ4n) is 6.06. The predicted molar refractivity (Wildman–Crippen MR) is 170 cm³/mol. The van der Waals surface area contributed by atoms with E-state index in [1.807, 2.05) is 23.1 Å². The van der Waals surface area contributed by atoms with E-state index in [9.17, 15) is 23.9 Å². The molecule has 1 saturated heterocycles. The quantitative estimate of drug-likeness (QED) is 0.262. The molecule has 2 aliphatic heterocycles. The maximum absolute atomic E-state index is 14.1. The average Bonchev–Trinajstić information content (AvgIpc) is 3.56. The van der Waals surface area contributed by atoms with E-state index < -0.39 is 29.7 Å². The van der Waals surface area contributed by atoms with Crippen molar-refractivity contribution in [2.24, 2.45) is 0 Å². The Kier molecular flexibility index (Phi) is 7.68. The van der Waals surface area contributed by atoms with Gasteiger partial charge in [-0.25, -0.2) is 19.0 Å². The lowest BCUT2D eigenvalue weighted by Gasteiger charge is -2.40. The molecule has 2 aliphatic rings. The van der Waals surface area contributed by atoms with Crippen molar-refractivity contribution in [1.82, 2.24) is 14.5 Å². The first kappa shape index (κ1) is 29.8. The SMILES string of the molecule is COC(=O)[C@@H]1CN(c2cc(C(=O)O)c3ccccc3c2)CCN1C(=O)c1cn(-c2ccc3c(c2)OCCO3)c(-c2ccc(F)cc2)n1. The average molecular weight is 637 g/mol. The van der Waals surface area contributed by atoms with Gasteiger partial charge in [0, 0.05) is 43.1 Å². The van der Waals surface area contributed by atoms with Crippen LogP contribution < -0.4 is 14.4 Å². The summed E-state index contributed by atoms with van der Waals surface area (Å²) in [6.45, 7) is 1.37. The van der Waals surface area contributed by atoms with Crippen LogP contribution in [0.3, 0.4) is 0 Å². The molecule has 12 heteroatoms. The molecule has 0 saturated carbocycles. The minimum absolute atomic E-state index is 0.0698. The number of anilines is 1. The maximum atomic E-state index is 14.1. The van der Waals surface area contributed by atoms with Crippen LogP contribution in [0.25, 0.3) is 27.8 Å². The highest BCUT2D eigenvalue weighted by Crippen LogP contribution is 2.34. The zero-order valence-electron chi connectivity index (χ0n) is 25.3. The number of hydrogen-bond donors (Lipinski definition) is 1. The standard InChI is InChI=1S/C35H29FN4O7/c1-45-35(44)29-20-38(25-16-22-4-2-3-5-26(22)27(17-25)34(42)43)12-13-39(29)33(41)28-19-40(32(37-28)21-6-8-23(36)9-7-21)24-10-11-30-31(18-24)47-15-14-46-30/h2-11,16-19,29H,12-15,20H2,1H3,(H,42,43)/t29-/m0/s1. The lowest BCUT2D eigenvalue weighted by molar-refractivity contribution is -0.146. The van der Waals surface area contributed by atoms with Gasteiger partial charge in [0.1, 0.15) is 36.6 Å². The van der Waals surface area contributed by atoms with E-state index >= 15 is 0 Å². The van der Waals surface area contributed by atoms with Gasteiger partial charge in [-0.15, -0.1) is 0 Å². The van der Waals surface area contributed by atoms with E-state index in [0.717, 1.165) is 5.39 Å². The van der Waals surface area contributed by atoms with Crippen molar-refractivity contribution >= 4 is 34.3 Å². The summed E-state index contributed by atoms with van der Waals surface area (Å²) in [5.41, 5.74) is 2.04. The fraction of sp³-hybridized carbons (Fsp3) is 0.200. The van der Waals surface area contributed by atoms with Crippen LogP contribution in [0.1, 0.15) is 20.8 Å². The van der Waals surface area contributed by atoms with Crippen LogP contribution in [-0.2, 0) is 9.53 Å². The van der Waals surface area contributed by atoms with E-state index in [-0.39, 0.29) is 24.3 Å². The van der Waals surface area contributed by atoms with Crippen molar-refractivity contribution < 1.29 is 38.1 Å². The largest absolute Gasteiger partial charge is 0.486 e. The van der Waals surface area contributed by atoms with Crippen molar-refractivity contribution in [3.63, 3.8) is 0 Å². The van der Waals surface area contributed by atoms with Crippen molar-refractivity contribution in [1.29, 1.82) is 0 Å². The highest BCUT2D eigenvalue weighted by molar-refractivity contribution is 6.05. The second-order valence-corrected chi connectivity index (χ2v) is 11.2. The highest BCUT2D eigenvalue weighted by atomic mass is 19.1. The number of amides is 1. The third kappa shape index (κ3) is 5.58. The Morgan fingerprint density at radius 2 is 1.68 bits per heavy atom. The molecule has 4 aromatic carbocycles. The summed E-state index contributed by atoms with van der Waals surface area (Å²) in [6.07, 6.45) is 1.58. The number of carboxylic acid groups (broad SMARTS) is 1. The summed E-state index contributed by atoms with van der Waals surface area (Å²) < 4.78 is 32.1. The van der Waals surface area contributed by atoms with Crippen LogP contribution in [-0.4, -0.2) is 83.4 Å². The second kappa shape index (κ2) is 12.1.